The first-order valence-electron chi connectivity index (χ1n) is 7.27. The normalized spacial score (nSPS) is 9.29. The molecule has 1 N–H and O–H groups in total. The van der Waals surface area contributed by atoms with E-state index >= 15 is 0 Å². The summed E-state index contributed by atoms with van der Waals surface area (Å²) in [4.78, 5) is 12.1. The number of benzene rings is 2. The van der Waals surface area contributed by atoms with Crippen molar-refractivity contribution in [2.75, 3.05) is 5.32 Å². The second-order valence-corrected chi connectivity index (χ2v) is 4.46. The molecule has 0 spiro atoms. The Labute approximate surface area is 127 Å². The van der Waals surface area contributed by atoms with Gasteiger partial charge in [-0.3, -0.25) is 4.79 Å². The van der Waals surface area contributed by atoms with Gasteiger partial charge in [0.2, 0.25) is 0 Å². The molecule has 0 atom stereocenters. The van der Waals surface area contributed by atoms with Crippen LogP contribution in [-0.4, -0.2) is 5.91 Å². The van der Waals surface area contributed by atoms with Crippen LogP contribution >= 0.6 is 0 Å². The summed E-state index contributed by atoms with van der Waals surface area (Å²) in [5, 5.41) is 2.90. The summed E-state index contributed by atoms with van der Waals surface area (Å²) >= 11 is 0. The number of aryl methyl sites for hydroxylation is 1. The Morgan fingerprint density at radius 3 is 2.29 bits per heavy atom. The standard InChI is InChI=1S/C17H17NO.C2H6/c1-3-6-14-9-11-15(12-10-14)18-17(19)16-8-5-4-7-13(16)2;1-2/h3-5,7-12H,1,6H2,2H3,(H,18,19);1-2H3. The van der Waals surface area contributed by atoms with Crippen molar-refractivity contribution in [3.8, 4) is 0 Å². The van der Waals surface area contributed by atoms with Gasteiger partial charge < -0.3 is 5.32 Å². The highest BCUT2D eigenvalue weighted by Crippen LogP contribution is 2.13. The Balaban J connectivity index is 0.00000106. The summed E-state index contributed by atoms with van der Waals surface area (Å²) in [5.74, 6) is -0.0745. The molecule has 0 radical (unpaired) electrons. The molecule has 2 aromatic carbocycles. The van der Waals surface area contributed by atoms with E-state index in [9.17, 15) is 4.79 Å². The van der Waals surface area contributed by atoms with Crippen molar-refractivity contribution in [1.82, 2.24) is 0 Å². The maximum Gasteiger partial charge on any atom is 0.255 e. The van der Waals surface area contributed by atoms with E-state index in [-0.39, 0.29) is 5.91 Å². The number of nitrogens with one attached hydrogen (secondary N) is 1. The number of hydrogen-bond acceptors (Lipinski definition) is 1. The molecule has 0 saturated carbocycles. The average Bonchev–Trinajstić information content (AvgIpc) is 2.52. The molecule has 2 aromatic rings. The SMILES string of the molecule is C=CCc1ccc(NC(=O)c2ccccc2C)cc1.CC. The van der Waals surface area contributed by atoms with Gasteiger partial charge in [-0.15, -0.1) is 6.58 Å². The smallest absolute Gasteiger partial charge is 0.255 e. The van der Waals surface area contributed by atoms with Gasteiger partial charge in [0, 0.05) is 11.3 Å². The van der Waals surface area contributed by atoms with E-state index in [1.807, 2.05) is 75.4 Å². The first-order chi connectivity index (χ1) is 10.2. The highest BCUT2D eigenvalue weighted by molar-refractivity contribution is 6.05. The zero-order valence-corrected chi connectivity index (χ0v) is 13.0. The lowest BCUT2D eigenvalue weighted by Crippen LogP contribution is -2.13. The van der Waals surface area contributed by atoms with E-state index in [1.54, 1.807) is 0 Å². The highest BCUT2D eigenvalue weighted by Gasteiger charge is 2.07. The zero-order valence-electron chi connectivity index (χ0n) is 13.0. The van der Waals surface area contributed by atoms with Gasteiger partial charge in [0.25, 0.3) is 5.91 Å². The first-order valence-corrected chi connectivity index (χ1v) is 7.27. The molecule has 0 saturated heterocycles. The molecular formula is C19H23NO. The third-order valence-electron chi connectivity index (χ3n) is 2.98. The molecular weight excluding hydrogens is 258 g/mol. The van der Waals surface area contributed by atoms with Crippen LogP contribution in [0.1, 0.15) is 35.3 Å². The number of carbonyl (C=O) groups is 1. The Hall–Kier alpha value is -2.35. The Morgan fingerprint density at radius 2 is 1.71 bits per heavy atom. The molecule has 2 rings (SSSR count). The topological polar surface area (TPSA) is 29.1 Å². The second-order valence-electron chi connectivity index (χ2n) is 4.46. The van der Waals surface area contributed by atoms with Crippen LogP contribution in [0, 0.1) is 6.92 Å². The van der Waals surface area contributed by atoms with E-state index in [0.29, 0.717) is 5.56 Å². The minimum atomic E-state index is -0.0745. The lowest BCUT2D eigenvalue weighted by Gasteiger charge is -2.08. The highest BCUT2D eigenvalue weighted by atomic mass is 16.1. The number of anilines is 1. The van der Waals surface area contributed by atoms with Crippen molar-refractivity contribution in [1.29, 1.82) is 0 Å². The van der Waals surface area contributed by atoms with Crippen molar-refractivity contribution >= 4 is 11.6 Å². The molecule has 0 aromatic heterocycles. The van der Waals surface area contributed by atoms with E-state index < -0.39 is 0 Å². The third-order valence-corrected chi connectivity index (χ3v) is 2.98. The molecule has 0 bridgehead atoms. The molecule has 21 heavy (non-hydrogen) atoms. The average molecular weight is 281 g/mol. The Morgan fingerprint density at radius 1 is 1.10 bits per heavy atom. The molecule has 2 heteroatoms. The largest absolute Gasteiger partial charge is 0.322 e. The molecule has 110 valence electrons. The fourth-order valence-electron chi connectivity index (χ4n) is 1.92. The Kier molecular flexibility index (Phi) is 6.96. The van der Waals surface area contributed by atoms with E-state index in [2.05, 4.69) is 11.9 Å². The second kappa shape index (κ2) is 8.75. The molecule has 0 unspecified atom stereocenters. The van der Waals surface area contributed by atoms with Crippen molar-refractivity contribution in [2.24, 2.45) is 0 Å². The zero-order chi connectivity index (χ0) is 15.7. The number of carbonyl (C=O) groups excluding carboxylic acids is 1. The number of rotatable bonds is 4. The van der Waals surface area contributed by atoms with Gasteiger partial charge in [-0.25, -0.2) is 0 Å². The Bertz CT molecular complexity index is 585. The van der Waals surface area contributed by atoms with Crippen LogP contribution in [0.25, 0.3) is 0 Å². The molecule has 1 amide bonds. The van der Waals surface area contributed by atoms with E-state index in [4.69, 9.17) is 0 Å². The fraction of sp³-hybridized carbons (Fsp3) is 0.211. The van der Waals surface area contributed by atoms with Gasteiger partial charge in [-0.2, -0.15) is 0 Å². The summed E-state index contributed by atoms with van der Waals surface area (Å²) in [5.41, 5.74) is 3.67. The fourth-order valence-corrected chi connectivity index (χ4v) is 1.92. The number of amides is 1. The maximum atomic E-state index is 12.1. The van der Waals surface area contributed by atoms with Gasteiger partial charge in [-0.05, 0) is 42.7 Å². The summed E-state index contributed by atoms with van der Waals surface area (Å²) in [7, 11) is 0. The van der Waals surface area contributed by atoms with Gasteiger partial charge >= 0.3 is 0 Å². The van der Waals surface area contributed by atoms with Crippen molar-refractivity contribution in [3.05, 3.63) is 77.9 Å². The van der Waals surface area contributed by atoms with Crippen LogP contribution in [0.2, 0.25) is 0 Å². The van der Waals surface area contributed by atoms with Crippen LogP contribution in [-0.2, 0) is 6.42 Å². The molecule has 0 heterocycles. The molecule has 0 aliphatic heterocycles. The minimum Gasteiger partial charge on any atom is -0.322 e. The molecule has 2 nitrogen and oxygen atoms in total. The van der Waals surface area contributed by atoms with Crippen LogP contribution in [0.4, 0.5) is 5.69 Å². The van der Waals surface area contributed by atoms with Gasteiger partial charge in [0.15, 0.2) is 0 Å². The summed E-state index contributed by atoms with van der Waals surface area (Å²) in [6, 6.07) is 15.4. The first kappa shape index (κ1) is 16.7. The van der Waals surface area contributed by atoms with Gasteiger partial charge in [0.05, 0.1) is 0 Å². The van der Waals surface area contributed by atoms with Gasteiger partial charge in [-0.1, -0.05) is 50.3 Å². The van der Waals surface area contributed by atoms with Crippen LogP contribution < -0.4 is 5.32 Å². The third kappa shape index (κ3) is 4.92. The summed E-state index contributed by atoms with van der Waals surface area (Å²) in [6.07, 6.45) is 2.70. The lowest BCUT2D eigenvalue weighted by atomic mass is 10.1. The lowest BCUT2D eigenvalue weighted by molar-refractivity contribution is 0.102. The molecule has 0 aliphatic carbocycles. The van der Waals surface area contributed by atoms with Gasteiger partial charge in [0.1, 0.15) is 0 Å². The number of allylic oxidation sites excluding steroid dienone is 1. The van der Waals surface area contributed by atoms with E-state index in [0.717, 1.165) is 17.7 Å². The summed E-state index contributed by atoms with van der Waals surface area (Å²) < 4.78 is 0. The van der Waals surface area contributed by atoms with Crippen LogP contribution in [0.15, 0.2) is 61.2 Å². The molecule has 0 fully saturated rings. The monoisotopic (exact) mass is 281 g/mol. The number of hydrogen-bond donors (Lipinski definition) is 1. The summed E-state index contributed by atoms with van der Waals surface area (Å²) in [6.45, 7) is 9.64. The quantitative estimate of drug-likeness (QED) is 0.785. The van der Waals surface area contributed by atoms with Crippen LogP contribution in [0.3, 0.4) is 0 Å². The maximum absolute atomic E-state index is 12.1. The van der Waals surface area contributed by atoms with Crippen molar-refractivity contribution in [2.45, 2.75) is 27.2 Å². The predicted octanol–water partition coefficient (Wildman–Crippen LogP) is 5.00. The van der Waals surface area contributed by atoms with E-state index in [1.165, 1.54) is 5.56 Å². The van der Waals surface area contributed by atoms with Crippen molar-refractivity contribution < 1.29 is 4.79 Å². The van der Waals surface area contributed by atoms with Crippen LogP contribution in [0.5, 0.6) is 0 Å². The molecule has 0 aliphatic rings. The van der Waals surface area contributed by atoms with Crippen molar-refractivity contribution in [3.63, 3.8) is 0 Å². The predicted molar refractivity (Wildman–Crippen MR) is 90.8 cm³/mol. The minimum absolute atomic E-state index is 0.0745.